The molecule has 1 amide bonds. The number of nitrogens with zero attached hydrogens (tertiary/aromatic N) is 3. The number of thioether (sulfide) groups is 1. The van der Waals surface area contributed by atoms with Crippen LogP contribution in [0.15, 0.2) is 84.0 Å². The first-order valence-corrected chi connectivity index (χ1v) is 11.4. The fraction of sp³-hybridized carbons (Fsp3) is 0.125. The average Bonchev–Trinajstić information content (AvgIpc) is 3.23. The molecule has 0 aliphatic rings. The largest absolute Gasteiger partial charge is 0.352 e. The second-order valence-corrected chi connectivity index (χ2v) is 8.43. The molecular weight excluding hydrogens is 447 g/mol. The van der Waals surface area contributed by atoms with Crippen LogP contribution in [-0.4, -0.2) is 26.4 Å². The van der Waals surface area contributed by atoms with E-state index >= 15 is 0 Å². The fourth-order valence-corrected chi connectivity index (χ4v) is 4.23. The maximum absolute atomic E-state index is 13.0. The summed E-state index contributed by atoms with van der Waals surface area (Å²) in [6.07, 6.45) is 0.314. The van der Waals surface area contributed by atoms with Crippen LogP contribution in [0.1, 0.15) is 12.0 Å². The van der Waals surface area contributed by atoms with Crippen molar-refractivity contribution in [3.63, 3.8) is 0 Å². The molecule has 0 spiro atoms. The van der Waals surface area contributed by atoms with Gasteiger partial charge >= 0.3 is 0 Å². The highest BCUT2D eigenvalue weighted by Crippen LogP contribution is 2.31. The predicted octanol–water partition coefficient (Wildman–Crippen LogP) is 5.53. The van der Waals surface area contributed by atoms with Crippen molar-refractivity contribution in [1.29, 1.82) is 0 Å². The molecule has 4 aromatic rings. The van der Waals surface area contributed by atoms with Crippen molar-refractivity contribution in [3.05, 3.63) is 95.3 Å². The van der Waals surface area contributed by atoms with E-state index in [9.17, 15) is 9.18 Å². The highest BCUT2D eigenvalue weighted by atomic mass is 35.5. The summed E-state index contributed by atoms with van der Waals surface area (Å²) in [6, 6.07) is 23.4. The summed E-state index contributed by atoms with van der Waals surface area (Å²) in [5.41, 5.74) is 2.55. The van der Waals surface area contributed by atoms with E-state index in [-0.39, 0.29) is 11.7 Å². The molecule has 0 atom stereocenters. The van der Waals surface area contributed by atoms with Gasteiger partial charge in [-0.2, -0.15) is 0 Å². The predicted molar refractivity (Wildman–Crippen MR) is 125 cm³/mol. The topological polar surface area (TPSA) is 59.8 Å². The van der Waals surface area contributed by atoms with Gasteiger partial charge in [0.15, 0.2) is 11.0 Å². The van der Waals surface area contributed by atoms with Gasteiger partial charge in [-0.25, -0.2) is 4.39 Å². The SMILES string of the molecule is O=C(CCSc1nnc(-c2ccccc2Cl)n1-c1ccccc1)NCc1ccc(F)cc1. The molecule has 4 rings (SSSR count). The zero-order valence-corrected chi connectivity index (χ0v) is 18.6. The Bertz CT molecular complexity index is 1200. The van der Waals surface area contributed by atoms with Crippen LogP contribution in [0.3, 0.4) is 0 Å². The molecule has 0 aliphatic heterocycles. The van der Waals surface area contributed by atoms with Crippen molar-refractivity contribution in [2.24, 2.45) is 0 Å². The van der Waals surface area contributed by atoms with Crippen LogP contribution in [0.25, 0.3) is 17.1 Å². The Morgan fingerprint density at radius 1 is 0.969 bits per heavy atom. The summed E-state index contributed by atoms with van der Waals surface area (Å²) >= 11 is 7.86. The molecule has 0 bridgehead atoms. The van der Waals surface area contributed by atoms with Crippen molar-refractivity contribution >= 4 is 29.3 Å². The van der Waals surface area contributed by atoms with Crippen LogP contribution >= 0.6 is 23.4 Å². The highest BCUT2D eigenvalue weighted by Gasteiger charge is 2.18. The van der Waals surface area contributed by atoms with Gasteiger partial charge in [-0.1, -0.05) is 65.8 Å². The molecule has 1 heterocycles. The number of hydrogen-bond acceptors (Lipinski definition) is 4. The van der Waals surface area contributed by atoms with Crippen molar-refractivity contribution in [2.45, 2.75) is 18.1 Å². The smallest absolute Gasteiger partial charge is 0.221 e. The number of carbonyl (C=O) groups is 1. The molecule has 0 aliphatic carbocycles. The highest BCUT2D eigenvalue weighted by molar-refractivity contribution is 7.99. The van der Waals surface area contributed by atoms with E-state index in [1.165, 1.54) is 23.9 Å². The average molecular weight is 467 g/mol. The van der Waals surface area contributed by atoms with E-state index < -0.39 is 0 Å². The van der Waals surface area contributed by atoms with Gasteiger partial charge in [0, 0.05) is 30.0 Å². The molecule has 0 saturated heterocycles. The molecule has 5 nitrogen and oxygen atoms in total. The van der Waals surface area contributed by atoms with E-state index in [4.69, 9.17) is 11.6 Å². The van der Waals surface area contributed by atoms with Crippen LogP contribution in [-0.2, 0) is 11.3 Å². The van der Waals surface area contributed by atoms with Crippen molar-refractivity contribution < 1.29 is 9.18 Å². The van der Waals surface area contributed by atoms with Gasteiger partial charge in [0.05, 0.1) is 5.02 Å². The lowest BCUT2D eigenvalue weighted by molar-refractivity contribution is -0.120. The van der Waals surface area contributed by atoms with E-state index in [0.717, 1.165) is 16.8 Å². The number of aromatic nitrogens is 3. The van der Waals surface area contributed by atoms with Gasteiger partial charge < -0.3 is 5.32 Å². The Balaban J connectivity index is 1.45. The van der Waals surface area contributed by atoms with Crippen molar-refractivity contribution in [1.82, 2.24) is 20.1 Å². The Kier molecular flexibility index (Phi) is 7.19. The van der Waals surface area contributed by atoms with Crippen LogP contribution < -0.4 is 5.32 Å². The molecule has 0 saturated carbocycles. The summed E-state index contributed by atoms with van der Waals surface area (Å²) in [4.78, 5) is 12.2. The molecule has 1 aromatic heterocycles. The second kappa shape index (κ2) is 10.4. The number of nitrogens with one attached hydrogen (secondary N) is 1. The fourth-order valence-electron chi connectivity index (χ4n) is 3.12. The summed E-state index contributed by atoms with van der Waals surface area (Å²) in [5, 5.41) is 12.9. The first-order valence-electron chi connectivity index (χ1n) is 10.0. The molecule has 8 heteroatoms. The third kappa shape index (κ3) is 5.36. The van der Waals surface area contributed by atoms with Crippen LogP contribution in [0.2, 0.25) is 5.02 Å². The van der Waals surface area contributed by atoms with E-state index in [1.807, 2.05) is 59.2 Å². The maximum Gasteiger partial charge on any atom is 0.221 e. The normalized spacial score (nSPS) is 10.8. The maximum atomic E-state index is 13.0. The Morgan fingerprint density at radius 3 is 2.44 bits per heavy atom. The van der Waals surface area contributed by atoms with Crippen LogP contribution in [0, 0.1) is 5.82 Å². The number of halogens is 2. The summed E-state index contributed by atoms with van der Waals surface area (Å²) in [7, 11) is 0. The first kappa shape index (κ1) is 22.0. The molecule has 3 aromatic carbocycles. The van der Waals surface area contributed by atoms with Crippen molar-refractivity contribution in [2.75, 3.05) is 5.75 Å². The minimum absolute atomic E-state index is 0.0843. The molecule has 162 valence electrons. The van der Waals surface area contributed by atoms with E-state index in [0.29, 0.717) is 34.7 Å². The second-order valence-electron chi connectivity index (χ2n) is 6.96. The lowest BCUT2D eigenvalue weighted by Gasteiger charge is -2.11. The molecule has 0 unspecified atom stereocenters. The quantitative estimate of drug-likeness (QED) is 0.347. The summed E-state index contributed by atoms with van der Waals surface area (Å²) in [6.45, 7) is 0.362. The van der Waals surface area contributed by atoms with E-state index in [1.54, 1.807) is 12.1 Å². The number of amides is 1. The molecule has 1 N–H and O–H groups in total. The van der Waals surface area contributed by atoms with E-state index in [2.05, 4.69) is 15.5 Å². The van der Waals surface area contributed by atoms with Gasteiger partial charge in [-0.3, -0.25) is 9.36 Å². The Labute approximate surface area is 194 Å². The number of rotatable bonds is 8. The summed E-state index contributed by atoms with van der Waals surface area (Å²) in [5.74, 6) is 0.794. The lowest BCUT2D eigenvalue weighted by Crippen LogP contribution is -2.23. The zero-order valence-electron chi connectivity index (χ0n) is 17.0. The number of carbonyl (C=O) groups excluding carboxylic acids is 1. The molecular formula is C24H20ClFN4OS. The lowest BCUT2D eigenvalue weighted by atomic mass is 10.2. The van der Waals surface area contributed by atoms with Gasteiger partial charge in [-0.05, 0) is 42.0 Å². The Morgan fingerprint density at radius 2 is 1.69 bits per heavy atom. The molecule has 0 radical (unpaired) electrons. The van der Waals surface area contributed by atoms with Crippen LogP contribution in [0.4, 0.5) is 4.39 Å². The van der Waals surface area contributed by atoms with Gasteiger partial charge in [-0.15, -0.1) is 10.2 Å². The number of para-hydroxylation sites is 1. The molecule has 0 fully saturated rings. The minimum atomic E-state index is -0.296. The standard InChI is InChI=1S/C24H20ClFN4OS/c25-21-9-5-4-8-20(21)23-28-29-24(30(23)19-6-2-1-3-7-19)32-15-14-22(31)27-16-17-10-12-18(26)13-11-17/h1-13H,14-16H2,(H,27,31). The summed E-state index contributed by atoms with van der Waals surface area (Å²) < 4.78 is 14.9. The Hall–Kier alpha value is -3.16. The third-order valence-corrected chi connectivity index (χ3v) is 5.99. The van der Waals surface area contributed by atoms with Crippen LogP contribution in [0.5, 0.6) is 0 Å². The number of benzene rings is 3. The number of hydrogen-bond donors (Lipinski definition) is 1. The van der Waals surface area contributed by atoms with Gasteiger partial charge in [0.25, 0.3) is 0 Å². The first-order chi connectivity index (χ1) is 15.6. The van der Waals surface area contributed by atoms with Gasteiger partial charge in [0.2, 0.25) is 5.91 Å². The van der Waals surface area contributed by atoms with Crippen molar-refractivity contribution in [3.8, 4) is 17.1 Å². The van der Waals surface area contributed by atoms with Gasteiger partial charge in [0.1, 0.15) is 5.82 Å². The minimum Gasteiger partial charge on any atom is -0.352 e. The zero-order chi connectivity index (χ0) is 22.3. The molecule has 32 heavy (non-hydrogen) atoms. The third-order valence-electron chi connectivity index (χ3n) is 4.73. The monoisotopic (exact) mass is 466 g/mol.